The van der Waals surface area contributed by atoms with Crippen molar-refractivity contribution in [3.05, 3.63) is 138 Å². The van der Waals surface area contributed by atoms with Crippen LogP contribution in [0.1, 0.15) is 99.1 Å². The van der Waals surface area contributed by atoms with E-state index in [4.69, 9.17) is 47.4 Å². The molecule has 3 N–H and O–H groups in total. The number of nitrogens with zero attached hydrogens (tertiary/aromatic N) is 9. The molecule has 3 saturated heterocycles. The lowest BCUT2D eigenvalue weighted by Crippen LogP contribution is -2.49. The first kappa shape index (κ1) is 60.0. The third-order valence-corrected chi connectivity index (χ3v) is 16.1. The fraction of sp³-hybridized carbons (Fsp3) is 0.419. The number of pyridine rings is 2. The van der Waals surface area contributed by atoms with Crippen molar-refractivity contribution in [2.24, 2.45) is 14.1 Å². The summed E-state index contributed by atoms with van der Waals surface area (Å²) in [6, 6.07) is 24.7. The van der Waals surface area contributed by atoms with Crippen molar-refractivity contribution in [1.82, 2.24) is 43.8 Å². The molecule has 0 unspecified atom stereocenters. The summed E-state index contributed by atoms with van der Waals surface area (Å²) < 4.78 is 23.3. The number of benzene rings is 4. The van der Waals surface area contributed by atoms with Crippen LogP contribution in [0.2, 0.25) is 10.0 Å². The van der Waals surface area contributed by atoms with E-state index < -0.39 is 29.4 Å². The molecule has 3 aliphatic rings. The van der Waals surface area contributed by atoms with E-state index >= 15 is 0 Å². The number of nitrogens with one attached hydrogen (secondary N) is 2. The third kappa shape index (κ3) is 13.1. The predicted octanol–water partition coefficient (Wildman–Crippen LogP) is 9.34. The van der Waals surface area contributed by atoms with Crippen LogP contribution in [0.15, 0.2) is 94.5 Å². The van der Waals surface area contributed by atoms with Gasteiger partial charge >= 0.3 is 18.2 Å². The number of anilines is 2. The number of ether oxygens (including phenoxy) is 3. The molecule has 0 aliphatic carbocycles. The van der Waals surface area contributed by atoms with Gasteiger partial charge < -0.3 is 62.9 Å². The normalized spacial score (nSPS) is 16.8. The third-order valence-electron chi connectivity index (χ3n) is 15.4. The van der Waals surface area contributed by atoms with E-state index in [1.807, 2.05) is 105 Å². The molecule has 0 spiro atoms. The number of piperidine rings is 2. The quantitative estimate of drug-likeness (QED) is 0.116. The lowest BCUT2D eigenvalue weighted by atomic mass is 10.1. The maximum atomic E-state index is 14.0. The molecule has 3 fully saturated rings. The summed E-state index contributed by atoms with van der Waals surface area (Å²) >= 11 is 13.1. The lowest BCUT2D eigenvalue weighted by molar-refractivity contribution is 0.0303. The van der Waals surface area contributed by atoms with Crippen LogP contribution in [0.25, 0.3) is 43.9 Å². The second-order valence-corrected chi connectivity index (χ2v) is 24.7. The Morgan fingerprint density at radius 3 is 1.47 bits per heavy atom. The summed E-state index contributed by atoms with van der Waals surface area (Å²) in [4.78, 5) is 94.2. The molecule has 4 aromatic heterocycles. The maximum absolute atomic E-state index is 14.0. The SMILES string of the molecule is Cn1c(=O)c2c(nc(N3CCC[C@@H](NC(=O)OC(C)(C)C)C3)n2Cc2ccccc2Cl)c2cc(C(=O)N3CCOCC3)ccc21.Cn1c(=O)c2c(nc(N3CCC[C@@H](NC(=O)OC(C)(C)C)C3)n2Cc2ccccc2Cl)c2cc(C(=O)O)ccc21. The summed E-state index contributed by atoms with van der Waals surface area (Å²) in [6.45, 7) is 15.9. The van der Waals surface area contributed by atoms with Crippen molar-refractivity contribution in [2.75, 3.05) is 62.3 Å². The Bertz CT molecular complexity index is 4020. The number of carbonyl (C=O) groups is 4. The number of amides is 3. The minimum Gasteiger partial charge on any atom is -0.478 e. The van der Waals surface area contributed by atoms with Gasteiger partial charge in [-0.25, -0.2) is 24.4 Å². The van der Waals surface area contributed by atoms with E-state index in [9.17, 15) is 33.9 Å². The molecule has 0 saturated carbocycles. The molecular formula is C62H71Cl2N11O10. The number of fused-ring (bicyclic) bond motifs is 6. The van der Waals surface area contributed by atoms with Crippen LogP contribution >= 0.6 is 23.2 Å². The summed E-state index contributed by atoms with van der Waals surface area (Å²) in [5, 5.41) is 18.0. The summed E-state index contributed by atoms with van der Waals surface area (Å²) in [5.41, 5.74) is 3.62. The van der Waals surface area contributed by atoms with Crippen LogP contribution in [0.5, 0.6) is 0 Å². The van der Waals surface area contributed by atoms with Crippen LogP contribution in [-0.2, 0) is 41.4 Å². The van der Waals surface area contributed by atoms with Gasteiger partial charge in [-0.15, -0.1) is 0 Å². The van der Waals surface area contributed by atoms with Gasteiger partial charge in [-0.1, -0.05) is 59.6 Å². The van der Waals surface area contributed by atoms with Gasteiger partial charge in [-0.05, 0) is 127 Å². The molecule has 0 bridgehead atoms. The van der Waals surface area contributed by atoms with Crippen molar-refractivity contribution in [3.63, 3.8) is 0 Å². The molecular weight excluding hydrogens is 1130 g/mol. The smallest absolute Gasteiger partial charge is 0.407 e. The molecule has 7 heterocycles. The van der Waals surface area contributed by atoms with Gasteiger partial charge in [0, 0.05) is 91.8 Å². The molecule has 3 aliphatic heterocycles. The summed E-state index contributed by atoms with van der Waals surface area (Å²) in [6.07, 6.45) is 2.22. The minimum absolute atomic E-state index is 0.0787. The standard InChI is InChI=1S/C33H39ClN6O5.C29H32ClN5O5/c1-33(2,3)45-32(43)35-23-9-7-13-39(20-23)31-36-27-24-18-21(29(41)38-14-16-44-17-15-38)11-12-26(24)37(4)30(42)28(27)40(31)19-22-8-5-6-10-25(22)34;1-29(2,3)40-28(39)31-19-9-7-13-34(16-19)27-32-23-20-14-17(26(37)38)11-12-22(20)33(4)25(36)24(23)35(27)15-18-8-5-6-10-21(18)30/h5-6,8,10-12,18,23H,7,9,13-17,19-20H2,1-4H3,(H,35,43);5-6,8,10-12,14,19H,7,9,13,15-16H2,1-4H3,(H,31,39)(H,37,38)/t23-;19-/m11/s1. The largest absolute Gasteiger partial charge is 0.478 e. The highest BCUT2D eigenvalue weighted by Gasteiger charge is 2.32. The van der Waals surface area contributed by atoms with Crippen molar-refractivity contribution >= 4 is 103 Å². The zero-order valence-electron chi connectivity index (χ0n) is 49.0. The molecule has 23 heteroatoms. The van der Waals surface area contributed by atoms with Gasteiger partial charge in [0.25, 0.3) is 17.0 Å². The summed E-state index contributed by atoms with van der Waals surface area (Å²) in [5.74, 6) is 0.0165. The average Bonchev–Trinajstić information content (AvgIpc) is 1.85. The topological polar surface area (TPSA) is 230 Å². The monoisotopic (exact) mass is 1200 g/mol. The van der Waals surface area contributed by atoms with E-state index in [0.29, 0.717) is 130 Å². The zero-order valence-corrected chi connectivity index (χ0v) is 50.6. The average molecular weight is 1200 g/mol. The number of carbonyl (C=O) groups excluding carboxylic acids is 3. The fourth-order valence-electron chi connectivity index (χ4n) is 11.4. The lowest BCUT2D eigenvalue weighted by Gasteiger charge is -2.34. The summed E-state index contributed by atoms with van der Waals surface area (Å²) in [7, 11) is 3.40. The molecule has 4 aromatic carbocycles. The zero-order chi connectivity index (χ0) is 60.6. The van der Waals surface area contributed by atoms with Gasteiger partial charge in [0.05, 0.1) is 42.9 Å². The first-order chi connectivity index (χ1) is 40.4. The molecule has 21 nitrogen and oxygen atoms in total. The Hall–Kier alpha value is -8.14. The number of aromatic nitrogens is 6. The number of alkyl carbamates (subject to hydrolysis) is 2. The van der Waals surface area contributed by atoms with Gasteiger partial charge in [0.1, 0.15) is 33.3 Å². The first-order valence-corrected chi connectivity index (χ1v) is 29.3. The molecule has 3 amide bonds. The van der Waals surface area contributed by atoms with E-state index in [-0.39, 0.29) is 41.2 Å². The minimum atomic E-state index is -1.06. The highest BCUT2D eigenvalue weighted by Crippen LogP contribution is 2.34. The number of rotatable bonds is 10. The second kappa shape index (κ2) is 24.5. The maximum Gasteiger partial charge on any atom is 0.407 e. The number of carboxylic acid groups (broad SMARTS) is 1. The molecule has 448 valence electrons. The Labute approximate surface area is 500 Å². The number of halogens is 2. The van der Waals surface area contributed by atoms with Crippen LogP contribution in [0, 0.1) is 0 Å². The van der Waals surface area contributed by atoms with Crippen LogP contribution < -0.4 is 31.6 Å². The Balaban J connectivity index is 0.000000190. The number of aryl methyl sites for hydroxylation is 2. The number of hydrogen-bond acceptors (Lipinski definition) is 13. The molecule has 2 atom stereocenters. The number of aromatic carboxylic acids is 1. The highest BCUT2D eigenvalue weighted by molar-refractivity contribution is 6.31. The Kier molecular flexibility index (Phi) is 17.3. The fourth-order valence-corrected chi connectivity index (χ4v) is 11.7. The highest BCUT2D eigenvalue weighted by atomic mass is 35.5. The number of imidazole rings is 2. The number of morpholine rings is 1. The molecule has 0 radical (unpaired) electrons. The van der Waals surface area contributed by atoms with Crippen molar-refractivity contribution in [3.8, 4) is 0 Å². The van der Waals surface area contributed by atoms with E-state index in [1.54, 1.807) is 47.8 Å². The van der Waals surface area contributed by atoms with Crippen LogP contribution in [0.3, 0.4) is 0 Å². The van der Waals surface area contributed by atoms with Gasteiger partial charge in [0.15, 0.2) is 0 Å². The van der Waals surface area contributed by atoms with Crippen molar-refractivity contribution in [1.29, 1.82) is 0 Å². The Morgan fingerprint density at radius 2 is 1.05 bits per heavy atom. The molecule has 8 aromatic rings. The Morgan fingerprint density at radius 1 is 0.624 bits per heavy atom. The van der Waals surface area contributed by atoms with Gasteiger partial charge in [-0.2, -0.15) is 0 Å². The molecule has 85 heavy (non-hydrogen) atoms. The van der Waals surface area contributed by atoms with E-state index in [2.05, 4.69) is 20.4 Å². The predicted molar refractivity (Wildman–Crippen MR) is 329 cm³/mol. The number of hydrogen-bond donors (Lipinski definition) is 3. The van der Waals surface area contributed by atoms with Crippen LogP contribution in [-0.4, -0.2) is 138 Å². The van der Waals surface area contributed by atoms with E-state index in [0.717, 1.165) is 36.8 Å². The number of carboxylic acids is 1. The van der Waals surface area contributed by atoms with Gasteiger partial charge in [-0.3, -0.25) is 14.4 Å². The van der Waals surface area contributed by atoms with Gasteiger partial charge in [0.2, 0.25) is 11.9 Å². The van der Waals surface area contributed by atoms with Crippen LogP contribution in [0.4, 0.5) is 21.5 Å². The molecule has 11 rings (SSSR count). The second-order valence-electron chi connectivity index (χ2n) is 23.8. The van der Waals surface area contributed by atoms with E-state index in [1.165, 1.54) is 10.6 Å². The van der Waals surface area contributed by atoms with Crippen molar-refractivity contribution in [2.45, 2.75) is 104 Å². The van der Waals surface area contributed by atoms with Crippen molar-refractivity contribution < 1.29 is 38.5 Å². The first-order valence-electron chi connectivity index (χ1n) is 28.5.